The summed E-state index contributed by atoms with van der Waals surface area (Å²) in [6.07, 6.45) is 3.55. The molecule has 1 aliphatic carbocycles. The second-order valence-electron chi connectivity index (χ2n) is 9.28. The van der Waals surface area contributed by atoms with E-state index in [9.17, 15) is 9.59 Å². The lowest BCUT2D eigenvalue weighted by molar-refractivity contribution is -0.134. The van der Waals surface area contributed by atoms with Crippen molar-refractivity contribution in [1.82, 2.24) is 14.9 Å². The number of piperidine rings is 1. The number of hydrogen-bond acceptors (Lipinski definition) is 6. The zero-order valence-electron chi connectivity index (χ0n) is 17.6. The molecule has 6 nitrogen and oxygen atoms in total. The molecule has 0 bridgehead atoms. The standard InChI is InChI=1S/C21H28N4O2S2/c1-12-10-22-19(29-12)24-16(26)14-11-28-17(23-14)13-6-8-25(9-7-13)18(27)15-20(2,3)21(15,4)5/h10-11,13,15H,6-9H2,1-5H3,(H,22,24,26). The van der Waals surface area contributed by atoms with Crippen LogP contribution in [-0.4, -0.2) is 39.8 Å². The van der Waals surface area contributed by atoms with E-state index in [0.29, 0.717) is 22.7 Å². The fourth-order valence-corrected chi connectivity index (χ4v) is 6.13. The maximum absolute atomic E-state index is 13.0. The minimum atomic E-state index is -0.215. The molecule has 0 spiro atoms. The fraction of sp³-hybridized carbons (Fsp3) is 0.619. The number of carbonyl (C=O) groups excluding carboxylic acids is 2. The van der Waals surface area contributed by atoms with E-state index >= 15 is 0 Å². The largest absolute Gasteiger partial charge is 0.342 e. The lowest BCUT2D eigenvalue weighted by atomic mass is 9.96. The summed E-state index contributed by atoms with van der Waals surface area (Å²) < 4.78 is 0. The highest BCUT2D eigenvalue weighted by atomic mass is 32.1. The zero-order chi connectivity index (χ0) is 21.0. The predicted octanol–water partition coefficient (Wildman–Crippen LogP) is 4.55. The summed E-state index contributed by atoms with van der Waals surface area (Å²) in [5, 5.41) is 6.22. The van der Waals surface area contributed by atoms with Crippen LogP contribution in [-0.2, 0) is 4.79 Å². The van der Waals surface area contributed by atoms with Gasteiger partial charge in [-0.05, 0) is 30.6 Å². The summed E-state index contributed by atoms with van der Waals surface area (Å²) in [4.78, 5) is 37.2. The van der Waals surface area contributed by atoms with Crippen LogP contribution in [0.5, 0.6) is 0 Å². The molecule has 29 heavy (non-hydrogen) atoms. The molecular formula is C21H28N4O2S2. The highest BCUT2D eigenvalue weighted by molar-refractivity contribution is 7.15. The van der Waals surface area contributed by atoms with Gasteiger partial charge in [-0.25, -0.2) is 9.97 Å². The first-order valence-electron chi connectivity index (χ1n) is 10.1. The molecular weight excluding hydrogens is 404 g/mol. The third-order valence-electron chi connectivity index (χ3n) is 7.02. The Morgan fingerprint density at radius 3 is 2.38 bits per heavy atom. The number of likely N-dealkylation sites (tertiary alicyclic amines) is 1. The third kappa shape index (κ3) is 3.61. The molecule has 0 atom stereocenters. The summed E-state index contributed by atoms with van der Waals surface area (Å²) >= 11 is 2.99. The summed E-state index contributed by atoms with van der Waals surface area (Å²) in [5.74, 6) is 0.521. The number of hydrogen-bond donors (Lipinski definition) is 1. The molecule has 8 heteroatoms. The van der Waals surface area contributed by atoms with Gasteiger partial charge in [0.1, 0.15) is 5.69 Å². The first-order chi connectivity index (χ1) is 13.6. The molecule has 2 aromatic heterocycles. The molecule has 4 rings (SSSR count). The third-order valence-corrected chi connectivity index (χ3v) is 8.86. The molecule has 3 heterocycles. The number of nitrogens with one attached hydrogen (secondary N) is 1. The molecule has 2 aromatic rings. The van der Waals surface area contributed by atoms with E-state index in [2.05, 4.69) is 43.0 Å². The number of aryl methyl sites for hydroxylation is 1. The van der Waals surface area contributed by atoms with Crippen molar-refractivity contribution in [2.24, 2.45) is 16.7 Å². The Hall–Kier alpha value is -1.80. The van der Waals surface area contributed by atoms with Crippen molar-refractivity contribution in [3.63, 3.8) is 0 Å². The first-order valence-corrected chi connectivity index (χ1v) is 11.8. The van der Waals surface area contributed by atoms with Gasteiger partial charge in [0.2, 0.25) is 5.91 Å². The Balaban J connectivity index is 1.34. The van der Waals surface area contributed by atoms with Crippen molar-refractivity contribution in [3.8, 4) is 0 Å². The van der Waals surface area contributed by atoms with Gasteiger partial charge in [0.05, 0.1) is 5.01 Å². The number of amides is 2. The minimum Gasteiger partial charge on any atom is -0.342 e. The van der Waals surface area contributed by atoms with Gasteiger partial charge >= 0.3 is 0 Å². The predicted molar refractivity (Wildman–Crippen MR) is 117 cm³/mol. The molecule has 2 aliphatic rings. The summed E-state index contributed by atoms with van der Waals surface area (Å²) in [5.41, 5.74) is 0.598. The number of thiazole rings is 2. The number of carbonyl (C=O) groups is 2. The van der Waals surface area contributed by atoms with Crippen LogP contribution in [0.2, 0.25) is 0 Å². The average molecular weight is 433 g/mol. The maximum atomic E-state index is 13.0. The Morgan fingerprint density at radius 1 is 1.17 bits per heavy atom. The van der Waals surface area contributed by atoms with E-state index in [4.69, 9.17) is 0 Å². The van der Waals surface area contributed by atoms with Gasteiger partial charge in [-0.3, -0.25) is 14.9 Å². The second-order valence-corrected chi connectivity index (χ2v) is 11.4. The van der Waals surface area contributed by atoms with E-state index in [1.54, 1.807) is 6.20 Å². The van der Waals surface area contributed by atoms with Gasteiger partial charge in [0.15, 0.2) is 5.13 Å². The zero-order valence-corrected chi connectivity index (χ0v) is 19.2. The van der Waals surface area contributed by atoms with Crippen LogP contribution in [0.25, 0.3) is 0 Å². The number of nitrogens with zero attached hydrogens (tertiary/aromatic N) is 3. The average Bonchev–Trinajstić information content (AvgIpc) is 3.13. The molecule has 1 N–H and O–H groups in total. The first kappa shape index (κ1) is 20.5. The topological polar surface area (TPSA) is 75.2 Å². The second kappa shape index (κ2) is 7.16. The molecule has 156 valence electrons. The molecule has 2 amide bonds. The van der Waals surface area contributed by atoms with Crippen LogP contribution >= 0.6 is 22.7 Å². The SMILES string of the molecule is Cc1cnc(NC(=O)c2csc(C3CCN(C(=O)C4C(C)(C)C4(C)C)CC3)n2)s1. The van der Waals surface area contributed by atoms with Gasteiger partial charge in [0, 0.05) is 41.4 Å². The Labute approximate surface area is 179 Å². The lowest BCUT2D eigenvalue weighted by Crippen LogP contribution is -2.39. The van der Waals surface area contributed by atoms with Crippen molar-refractivity contribution in [2.75, 3.05) is 18.4 Å². The molecule has 1 saturated heterocycles. The van der Waals surface area contributed by atoms with Gasteiger partial charge in [-0.1, -0.05) is 27.7 Å². The van der Waals surface area contributed by atoms with Crippen molar-refractivity contribution < 1.29 is 9.59 Å². The van der Waals surface area contributed by atoms with E-state index in [1.165, 1.54) is 22.7 Å². The molecule has 0 radical (unpaired) electrons. The Morgan fingerprint density at radius 2 is 1.83 bits per heavy atom. The van der Waals surface area contributed by atoms with Crippen LogP contribution in [0.15, 0.2) is 11.6 Å². The van der Waals surface area contributed by atoms with Gasteiger partial charge in [-0.2, -0.15) is 0 Å². The van der Waals surface area contributed by atoms with Crippen molar-refractivity contribution in [1.29, 1.82) is 0 Å². The van der Waals surface area contributed by atoms with Crippen LogP contribution in [0, 0.1) is 23.7 Å². The van der Waals surface area contributed by atoms with Crippen molar-refractivity contribution >= 4 is 39.6 Å². The monoisotopic (exact) mass is 432 g/mol. The highest BCUT2D eigenvalue weighted by Gasteiger charge is 2.68. The quantitative estimate of drug-likeness (QED) is 0.769. The van der Waals surface area contributed by atoms with Gasteiger partial charge in [-0.15, -0.1) is 22.7 Å². The van der Waals surface area contributed by atoms with E-state index in [1.807, 2.05) is 17.2 Å². The number of aromatic nitrogens is 2. The summed E-state index contributed by atoms with van der Waals surface area (Å²) in [6.45, 7) is 12.3. The Kier molecular flexibility index (Phi) is 5.06. The van der Waals surface area contributed by atoms with Crippen LogP contribution in [0.1, 0.15) is 66.8 Å². The maximum Gasteiger partial charge on any atom is 0.276 e. The van der Waals surface area contributed by atoms with Crippen molar-refractivity contribution in [3.05, 3.63) is 27.2 Å². The summed E-state index contributed by atoms with van der Waals surface area (Å²) in [7, 11) is 0. The summed E-state index contributed by atoms with van der Waals surface area (Å²) in [6, 6.07) is 0. The van der Waals surface area contributed by atoms with Gasteiger partial charge in [0.25, 0.3) is 5.91 Å². The van der Waals surface area contributed by atoms with E-state index in [0.717, 1.165) is 35.8 Å². The highest BCUT2D eigenvalue weighted by Crippen LogP contribution is 2.68. The fourth-order valence-electron chi connectivity index (χ4n) is 4.50. The number of anilines is 1. The molecule has 1 aliphatic heterocycles. The van der Waals surface area contributed by atoms with Crippen LogP contribution < -0.4 is 5.32 Å². The Bertz CT molecular complexity index is 924. The van der Waals surface area contributed by atoms with Gasteiger partial charge < -0.3 is 4.90 Å². The lowest BCUT2D eigenvalue weighted by Gasteiger charge is -2.31. The van der Waals surface area contributed by atoms with E-state index in [-0.39, 0.29) is 22.7 Å². The smallest absolute Gasteiger partial charge is 0.276 e. The normalized spacial score (nSPS) is 21.2. The van der Waals surface area contributed by atoms with E-state index < -0.39 is 0 Å². The minimum absolute atomic E-state index is 0.0778. The molecule has 2 fully saturated rings. The molecule has 0 aromatic carbocycles. The molecule has 1 saturated carbocycles. The van der Waals surface area contributed by atoms with Crippen molar-refractivity contribution in [2.45, 2.75) is 53.4 Å². The molecule has 0 unspecified atom stereocenters. The number of rotatable bonds is 4. The van der Waals surface area contributed by atoms with Crippen LogP contribution in [0.4, 0.5) is 5.13 Å². The van der Waals surface area contributed by atoms with Crippen LogP contribution in [0.3, 0.4) is 0 Å².